The number of para-hydroxylation sites is 1. The molecular formula is C26H22BrN5OS. The number of nitrogens with zero attached hydrogens (tertiary/aromatic N) is 3. The first kappa shape index (κ1) is 22.4. The number of hydrogen-bond donors (Lipinski definition) is 2. The molecule has 0 unspecified atom stereocenters. The second-order valence-corrected chi connectivity index (χ2v) is 9.74. The molecule has 0 spiro atoms. The van der Waals surface area contributed by atoms with Crippen LogP contribution in [0.5, 0.6) is 0 Å². The summed E-state index contributed by atoms with van der Waals surface area (Å²) in [5.41, 5.74) is 4.23. The summed E-state index contributed by atoms with van der Waals surface area (Å²) >= 11 is 5.14. The third kappa shape index (κ3) is 4.78. The third-order valence-electron chi connectivity index (χ3n) is 5.48. The van der Waals surface area contributed by atoms with Gasteiger partial charge < -0.3 is 10.6 Å². The first-order valence-corrected chi connectivity index (χ1v) is 12.6. The lowest BCUT2D eigenvalue weighted by molar-refractivity contribution is -0.113. The Bertz CT molecular complexity index is 1350. The lowest BCUT2D eigenvalue weighted by atomic mass is 9.95. The van der Waals surface area contributed by atoms with Crippen molar-refractivity contribution in [2.75, 3.05) is 10.6 Å². The zero-order valence-electron chi connectivity index (χ0n) is 18.4. The van der Waals surface area contributed by atoms with Gasteiger partial charge in [-0.1, -0.05) is 88.4 Å². The van der Waals surface area contributed by atoms with Crippen LogP contribution in [0.2, 0.25) is 0 Å². The predicted molar refractivity (Wildman–Crippen MR) is 140 cm³/mol. The van der Waals surface area contributed by atoms with E-state index in [4.69, 9.17) is 10.1 Å². The van der Waals surface area contributed by atoms with Crippen molar-refractivity contribution in [2.24, 2.45) is 0 Å². The van der Waals surface area contributed by atoms with Gasteiger partial charge in [0.1, 0.15) is 6.04 Å². The van der Waals surface area contributed by atoms with Crippen LogP contribution in [0.1, 0.15) is 24.1 Å². The van der Waals surface area contributed by atoms with Gasteiger partial charge in [-0.3, -0.25) is 4.79 Å². The molecule has 0 radical (unpaired) electrons. The summed E-state index contributed by atoms with van der Waals surface area (Å²) in [6.45, 7) is 1.90. The third-order valence-corrected chi connectivity index (χ3v) is 6.89. The molecule has 1 atom stereocenters. The molecule has 2 heterocycles. The van der Waals surface area contributed by atoms with E-state index in [-0.39, 0.29) is 5.91 Å². The quantitative estimate of drug-likeness (QED) is 0.287. The minimum atomic E-state index is -0.420. The highest BCUT2D eigenvalue weighted by molar-refractivity contribution is 9.10. The summed E-state index contributed by atoms with van der Waals surface area (Å²) in [6.07, 6.45) is 0. The fourth-order valence-electron chi connectivity index (χ4n) is 3.91. The maximum Gasteiger partial charge on any atom is 0.255 e. The number of benzene rings is 3. The van der Waals surface area contributed by atoms with Crippen molar-refractivity contribution in [3.8, 4) is 0 Å². The lowest BCUT2D eigenvalue weighted by Gasteiger charge is -2.28. The number of halogens is 1. The Morgan fingerprint density at radius 1 is 1.06 bits per heavy atom. The molecule has 5 rings (SSSR count). The van der Waals surface area contributed by atoms with Crippen LogP contribution in [-0.2, 0) is 10.5 Å². The number of carbonyl (C=O) groups excluding carboxylic acids is 1. The summed E-state index contributed by atoms with van der Waals surface area (Å²) in [6, 6.07) is 27.2. The van der Waals surface area contributed by atoms with Gasteiger partial charge in [0.25, 0.3) is 5.91 Å². The number of allylic oxidation sites excluding steroid dienone is 1. The Morgan fingerprint density at radius 3 is 2.53 bits per heavy atom. The van der Waals surface area contributed by atoms with Gasteiger partial charge in [0, 0.05) is 21.6 Å². The number of carbonyl (C=O) groups is 1. The number of amides is 1. The molecule has 6 nitrogen and oxygen atoms in total. The van der Waals surface area contributed by atoms with Crippen LogP contribution >= 0.6 is 27.7 Å². The molecule has 3 aromatic carbocycles. The van der Waals surface area contributed by atoms with Gasteiger partial charge in [0.2, 0.25) is 11.1 Å². The molecule has 0 aliphatic carbocycles. The summed E-state index contributed by atoms with van der Waals surface area (Å²) in [5.74, 6) is 1.20. The van der Waals surface area contributed by atoms with Gasteiger partial charge in [-0.25, -0.2) is 4.68 Å². The molecule has 1 aliphatic heterocycles. The van der Waals surface area contributed by atoms with Crippen LogP contribution in [-0.4, -0.2) is 20.7 Å². The SMILES string of the molecule is CC1=C(C(=O)Nc2ccccc2)[C@H](c2cccc(Br)c2)n2nc(SCc3ccccc3)nc2N1. The Labute approximate surface area is 210 Å². The van der Waals surface area contributed by atoms with Crippen molar-refractivity contribution in [3.63, 3.8) is 0 Å². The van der Waals surface area contributed by atoms with E-state index >= 15 is 0 Å². The number of fused-ring (bicyclic) bond motifs is 1. The molecule has 0 bridgehead atoms. The Balaban J connectivity index is 1.50. The summed E-state index contributed by atoms with van der Waals surface area (Å²) in [4.78, 5) is 18.2. The normalized spacial score (nSPS) is 14.9. The topological polar surface area (TPSA) is 71.8 Å². The summed E-state index contributed by atoms with van der Waals surface area (Å²) in [5, 5.41) is 11.8. The van der Waals surface area contributed by atoms with Gasteiger partial charge in [-0.2, -0.15) is 4.98 Å². The van der Waals surface area contributed by atoms with Crippen LogP contribution in [0.3, 0.4) is 0 Å². The zero-order chi connectivity index (χ0) is 23.5. The van der Waals surface area contributed by atoms with Crippen molar-refractivity contribution in [3.05, 3.63) is 112 Å². The molecule has 1 amide bonds. The summed E-state index contributed by atoms with van der Waals surface area (Å²) < 4.78 is 2.74. The Morgan fingerprint density at radius 2 is 1.79 bits per heavy atom. The van der Waals surface area contributed by atoms with Crippen LogP contribution in [0.4, 0.5) is 11.6 Å². The molecule has 0 saturated heterocycles. The number of rotatable bonds is 6. The maximum atomic E-state index is 13.5. The second-order valence-electron chi connectivity index (χ2n) is 7.88. The first-order chi connectivity index (χ1) is 16.6. The van der Waals surface area contributed by atoms with Crippen LogP contribution in [0.25, 0.3) is 0 Å². The first-order valence-electron chi connectivity index (χ1n) is 10.8. The largest absolute Gasteiger partial charge is 0.328 e. The highest BCUT2D eigenvalue weighted by Gasteiger charge is 2.34. The van der Waals surface area contributed by atoms with Gasteiger partial charge in [-0.05, 0) is 42.3 Å². The Kier molecular flexibility index (Phi) is 6.51. The predicted octanol–water partition coefficient (Wildman–Crippen LogP) is 6.26. The average Bonchev–Trinajstić information content (AvgIpc) is 3.25. The van der Waals surface area contributed by atoms with Gasteiger partial charge in [0.15, 0.2) is 0 Å². The van der Waals surface area contributed by atoms with E-state index in [0.717, 1.165) is 27.2 Å². The number of nitrogens with one attached hydrogen (secondary N) is 2. The van der Waals surface area contributed by atoms with Crippen LogP contribution in [0.15, 0.2) is 106 Å². The molecule has 0 fully saturated rings. The lowest BCUT2D eigenvalue weighted by Crippen LogP contribution is -2.31. The van der Waals surface area contributed by atoms with Crippen LogP contribution in [0, 0.1) is 0 Å². The van der Waals surface area contributed by atoms with Crippen molar-refractivity contribution in [2.45, 2.75) is 23.9 Å². The molecule has 170 valence electrons. The highest BCUT2D eigenvalue weighted by Crippen LogP contribution is 2.37. The number of aromatic nitrogens is 3. The number of thioether (sulfide) groups is 1. The zero-order valence-corrected chi connectivity index (χ0v) is 20.8. The second kappa shape index (κ2) is 9.87. The minimum Gasteiger partial charge on any atom is -0.328 e. The summed E-state index contributed by atoms with van der Waals surface area (Å²) in [7, 11) is 0. The molecule has 2 N–H and O–H groups in total. The van der Waals surface area contributed by atoms with E-state index in [1.165, 1.54) is 5.56 Å². The fourth-order valence-corrected chi connectivity index (χ4v) is 5.12. The number of anilines is 2. The van der Waals surface area contributed by atoms with Crippen molar-refractivity contribution in [1.82, 2.24) is 14.8 Å². The number of hydrogen-bond acceptors (Lipinski definition) is 5. The van der Waals surface area contributed by atoms with Gasteiger partial charge in [-0.15, -0.1) is 5.10 Å². The Hall–Kier alpha value is -3.36. The van der Waals surface area contributed by atoms with E-state index in [1.807, 2.05) is 84.4 Å². The minimum absolute atomic E-state index is 0.180. The molecule has 0 saturated carbocycles. The fraction of sp³-hybridized carbons (Fsp3) is 0.115. The van der Waals surface area contributed by atoms with E-state index in [9.17, 15) is 4.79 Å². The van der Waals surface area contributed by atoms with Crippen molar-refractivity contribution < 1.29 is 4.79 Å². The van der Waals surface area contributed by atoms with E-state index in [1.54, 1.807) is 11.8 Å². The van der Waals surface area contributed by atoms with Crippen molar-refractivity contribution in [1.29, 1.82) is 0 Å². The van der Waals surface area contributed by atoms with Gasteiger partial charge in [0.05, 0.1) is 5.57 Å². The standard InChI is InChI=1S/C26H22BrN5OS/c1-17-22(24(33)29-21-13-6-3-7-14-21)23(19-11-8-12-20(27)15-19)32-25(28-17)30-26(31-32)34-16-18-9-4-2-5-10-18/h2-15,23H,16H2,1H3,(H,29,33)(H,28,30,31)/t23-/m0/s1. The average molecular weight is 532 g/mol. The van der Waals surface area contributed by atoms with E-state index in [0.29, 0.717) is 16.7 Å². The van der Waals surface area contributed by atoms with Crippen molar-refractivity contribution >= 4 is 45.2 Å². The molecular weight excluding hydrogens is 510 g/mol. The molecule has 1 aromatic heterocycles. The smallest absolute Gasteiger partial charge is 0.255 e. The molecule has 4 aromatic rings. The molecule has 34 heavy (non-hydrogen) atoms. The highest BCUT2D eigenvalue weighted by atomic mass is 79.9. The van der Waals surface area contributed by atoms with Gasteiger partial charge >= 0.3 is 0 Å². The van der Waals surface area contributed by atoms with E-state index < -0.39 is 6.04 Å². The maximum absolute atomic E-state index is 13.5. The molecule has 1 aliphatic rings. The molecule has 8 heteroatoms. The van der Waals surface area contributed by atoms with E-state index in [2.05, 4.69) is 38.7 Å². The van der Waals surface area contributed by atoms with Crippen LogP contribution < -0.4 is 10.6 Å². The monoisotopic (exact) mass is 531 g/mol.